The second-order valence-electron chi connectivity index (χ2n) is 4.00. The van der Waals surface area contributed by atoms with E-state index in [0.29, 0.717) is 17.3 Å². The van der Waals surface area contributed by atoms with Crippen LogP contribution in [0.5, 0.6) is 0 Å². The summed E-state index contributed by atoms with van der Waals surface area (Å²) in [5.74, 6) is 0.156. The number of benzene rings is 1. The predicted octanol–water partition coefficient (Wildman–Crippen LogP) is 2.56. The molecule has 5 heteroatoms. The summed E-state index contributed by atoms with van der Waals surface area (Å²) >= 11 is 0. The van der Waals surface area contributed by atoms with Gasteiger partial charge in [-0.1, -0.05) is 25.1 Å². The molecule has 2 rings (SSSR count). The fourth-order valence-electron chi connectivity index (χ4n) is 1.37. The normalized spacial score (nSPS) is 10.8. The number of rotatable bonds is 3. The molecule has 1 N–H and O–H groups in total. The smallest absolute Gasteiger partial charge is 0.335 e. The molecule has 0 atom stereocenters. The summed E-state index contributed by atoms with van der Waals surface area (Å²) in [7, 11) is 0. The second-order valence-corrected chi connectivity index (χ2v) is 4.00. The summed E-state index contributed by atoms with van der Waals surface area (Å²) in [5, 5.41) is 12.7. The summed E-state index contributed by atoms with van der Waals surface area (Å²) < 4.78 is 5.09. The van der Waals surface area contributed by atoms with Gasteiger partial charge in [-0.15, -0.1) is 0 Å². The lowest BCUT2D eigenvalue weighted by molar-refractivity contribution is 0.0697. The molecule has 2 aromatic rings. The minimum Gasteiger partial charge on any atom is -0.478 e. The average molecular weight is 232 g/mol. The maximum absolute atomic E-state index is 10.8. The quantitative estimate of drug-likeness (QED) is 0.880. The Morgan fingerprint density at radius 3 is 2.76 bits per heavy atom. The molecule has 0 amide bonds. The van der Waals surface area contributed by atoms with Crippen LogP contribution in [0.2, 0.25) is 0 Å². The van der Waals surface area contributed by atoms with Gasteiger partial charge in [-0.25, -0.2) is 4.79 Å². The highest BCUT2D eigenvalue weighted by Crippen LogP contribution is 2.20. The van der Waals surface area contributed by atoms with Crippen LogP contribution in [0.15, 0.2) is 28.8 Å². The molecular formula is C12H12N2O3. The van der Waals surface area contributed by atoms with Crippen LogP contribution in [-0.2, 0) is 0 Å². The SMILES string of the molecule is CC(C)c1noc(-c2cccc(C(=O)O)c2)n1. The van der Waals surface area contributed by atoms with E-state index in [0.717, 1.165) is 0 Å². The zero-order valence-corrected chi connectivity index (χ0v) is 9.54. The van der Waals surface area contributed by atoms with E-state index in [1.54, 1.807) is 12.1 Å². The first-order valence-corrected chi connectivity index (χ1v) is 5.25. The number of carbonyl (C=O) groups is 1. The highest BCUT2D eigenvalue weighted by Gasteiger charge is 2.12. The van der Waals surface area contributed by atoms with Crippen LogP contribution in [0.1, 0.15) is 35.9 Å². The number of nitrogens with zero attached hydrogens (tertiary/aromatic N) is 2. The molecule has 0 aliphatic carbocycles. The van der Waals surface area contributed by atoms with Gasteiger partial charge >= 0.3 is 5.97 Å². The number of aromatic nitrogens is 2. The standard InChI is InChI=1S/C12H12N2O3/c1-7(2)10-13-11(17-14-10)8-4-3-5-9(6-8)12(15)16/h3-7H,1-2H3,(H,15,16). The predicted molar refractivity (Wildman–Crippen MR) is 60.8 cm³/mol. The van der Waals surface area contributed by atoms with Crippen molar-refractivity contribution in [2.75, 3.05) is 0 Å². The first kappa shape index (κ1) is 11.3. The first-order valence-electron chi connectivity index (χ1n) is 5.25. The second kappa shape index (κ2) is 4.37. The fraction of sp³-hybridized carbons (Fsp3) is 0.250. The molecule has 0 radical (unpaired) electrons. The number of carboxylic acid groups (broad SMARTS) is 1. The van der Waals surface area contributed by atoms with Gasteiger partial charge in [0.1, 0.15) is 0 Å². The zero-order valence-electron chi connectivity index (χ0n) is 9.54. The minimum absolute atomic E-state index is 0.176. The highest BCUT2D eigenvalue weighted by molar-refractivity contribution is 5.88. The van der Waals surface area contributed by atoms with E-state index in [1.165, 1.54) is 12.1 Å². The first-order chi connectivity index (χ1) is 8.08. The Labute approximate surface area is 98.1 Å². The van der Waals surface area contributed by atoms with Gasteiger partial charge in [0.05, 0.1) is 5.56 Å². The lowest BCUT2D eigenvalue weighted by Crippen LogP contribution is -1.95. The largest absolute Gasteiger partial charge is 0.478 e. The van der Waals surface area contributed by atoms with Gasteiger partial charge in [0, 0.05) is 11.5 Å². The number of hydrogen-bond donors (Lipinski definition) is 1. The Morgan fingerprint density at radius 2 is 2.18 bits per heavy atom. The number of carboxylic acids is 1. The van der Waals surface area contributed by atoms with Crippen molar-refractivity contribution in [1.82, 2.24) is 10.1 Å². The Kier molecular flexibility index (Phi) is 2.91. The van der Waals surface area contributed by atoms with Crippen molar-refractivity contribution in [1.29, 1.82) is 0 Å². The molecule has 1 aromatic heterocycles. The van der Waals surface area contributed by atoms with E-state index in [2.05, 4.69) is 10.1 Å². The molecular weight excluding hydrogens is 220 g/mol. The van der Waals surface area contributed by atoms with E-state index >= 15 is 0 Å². The summed E-state index contributed by atoms with van der Waals surface area (Å²) in [5.41, 5.74) is 0.816. The van der Waals surface area contributed by atoms with Crippen molar-refractivity contribution in [2.24, 2.45) is 0 Å². The Balaban J connectivity index is 2.38. The summed E-state index contributed by atoms with van der Waals surface area (Å²) in [6.07, 6.45) is 0. The molecule has 0 bridgehead atoms. The summed E-state index contributed by atoms with van der Waals surface area (Å²) in [6, 6.07) is 6.42. The molecule has 0 aliphatic heterocycles. The topological polar surface area (TPSA) is 76.2 Å². The third kappa shape index (κ3) is 2.33. The monoisotopic (exact) mass is 232 g/mol. The van der Waals surface area contributed by atoms with Crippen molar-refractivity contribution >= 4 is 5.97 Å². The van der Waals surface area contributed by atoms with Gasteiger partial charge in [0.25, 0.3) is 5.89 Å². The molecule has 1 aromatic carbocycles. The van der Waals surface area contributed by atoms with Crippen LogP contribution < -0.4 is 0 Å². The number of aromatic carboxylic acids is 1. The molecule has 0 aliphatic rings. The van der Waals surface area contributed by atoms with Crippen LogP contribution in [-0.4, -0.2) is 21.2 Å². The van der Waals surface area contributed by atoms with Crippen LogP contribution in [0.3, 0.4) is 0 Å². The Morgan fingerprint density at radius 1 is 1.41 bits per heavy atom. The van der Waals surface area contributed by atoms with Gasteiger partial charge in [0.15, 0.2) is 5.82 Å². The van der Waals surface area contributed by atoms with E-state index in [9.17, 15) is 4.79 Å². The zero-order chi connectivity index (χ0) is 12.4. The van der Waals surface area contributed by atoms with Crippen molar-refractivity contribution < 1.29 is 14.4 Å². The molecule has 0 fully saturated rings. The van der Waals surface area contributed by atoms with Crippen molar-refractivity contribution in [3.05, 3.63) is 35.7 Å². The summed E-state index contributed by atoms with van der Waals surface area (Å²) in [4.78, 5) is 15.0. The van der Waals surface area contributed by atoms with Crippen molar-refractivity contribution in [2.45, 2.75) is 19.8 Å². The van der Waals surface area contributed by atoms with Crippen LogP contribution in [0.25, 0.3) is 11.5 Å². The van der Waals surface area contributed by atoms with Gasteiger partial charge in [0.2, 0.25) is 0 Å². The summed E-state index contributed by atoms with van der Waals surface area (Å²) in [6.45, 7) is 3.92. The molecule has 0 unspecified atom stereocenters. The third-order valence-electron chi connectivity index (χ3n) is 2.31. The van der Waals surface area contributed by atoms with Crippen LogP contribution in [0, 0.1) is 0 Å². The van der Waals surface area contributed by atoms with E-state index in [-0.39, 0.29) is 11.5 Å². The molecule has 17 heavy (non-hydrogen) atoms. The average Bonchev–Trinajstić information content (AvgIpc) is 2.78. The van der Waals surface area contributed by atoms with Gasteiger partial charge in [-0.2, -0.15) is 4.98 Å². The van der Waals surface area contributed by atoms with Crippen molar-refractivity contribution in [3.63, 3.8) is 0 Å². The van der Waals surface area contributed by atoms with Gasteiger partial charge in [-0.3, -0.25) is 0 Å². The number of hydrogen-bond acceptors (Lipinski definition) is 4. The van der Waals surface area contributed by atoms with E-state index in [4.69, 9.17) is 9.63 Å². The Hall–Kier alpha value is -2.17. The fourth-order valence-corrected chi connectivity index (χ4v) is 1.37. The van der Waals surface area contributed by atoms with E-state index < -0.39 is 5.97 Å². The maximum atomic E-state index is 10.8. The highest BCUT2D eigenvalue weighted by atomic mass is 16.5. The van der Waals surface area contributed by atoms with E-state index in [1.807, 2.05) is 13.8 Å². The van der Waals surface area contributed by atoms with Crippen LogP contribution in [0.4, 0.5) is 0 Å². The maximum Gasteiger partial charge on any atom is 0.335 e. The molecule has 88 valence electrons. The molecule has 0 spiro atoms. The van der Waals surface area contributed by atoms with Crippen LogP contribution >= 0.6 is 0 Å². The van der Waals surface area contributed by atoms with Gasteiger partial charge < -0.3 is 9.63 Å². The molecule has 5 nitrogen and oxygen atoms in total. The van der Waals surface area contributed by atoms with Gasteiger partial charge in [-0.05, 0) is 18.2 Å². The third-order valence-corrected chi connectivity index (χ3v) is 2.31. The molecule has 0 saturated heterocycles. The lowest BCUT2D eigenvalue weighted by Gasteiger charge is -1.97. The van der Waals surface area contributed by atoms with Crippen molar-refractivity contribution in [3.8, 4) is 11.5 Å². The molecule has 0 saturated carbocycles. The minimum atomic E-state index is -0.976. The molecule has 1 heterocycles. The lowest BCUT2D eigenvalue weighted by atomic mass is 10.1. The Bertz CT molecular complexity index is 546.